The third-order valence-electron chi connectivity index (χ3n) is 3.13. The maximum atomic E-state index is 11.9. The van der Waals surface area contributed by atoms with Gasteiger partial charge in [-0.1, -0.05) is 29.8 Å². The van der Waals surface area contributed by atoms with Gasteiger partial charge in [-0.05, 0) is 24.6 Å². The standard InChI is InChI=1S/C16H13ClN2O5/c1-10-6-7-11(19(22)23)8-14(10)18-15(20)9-24-16(21)12-4-2-3-5-13(12)17/h2-8H,9H2,1H3,(H,18,20). The maximum absolute atomic E-state index is 11.9. The van der Waals surface area contributed by atoms with Crippen molar-refractivity contribution in [3.05, 3.63) is 68.7 Å². The number of nitrogens with zero attached hydrogens (tertiary/aromatic N) is 1. The Morgan fingerprint density at radius 3 is 2.62 bits per heavy atom. The Kier molecular flexibility index (Phi) is 5.49. The minimum atomic E-state index is -0.730. The van der Waals surface area contributed by atoms with Gasteiger partial charge in [0.2, 0.25) is 0 Å². The van der Waals surface area contributed by atoms with Crippen molar-refractivity contribution in [2.24, 2.45) is 0 Å². The highest BCUT2D eigenvalue weighted by Gasteiger charge is 2.15. The fraction of sp³-hybridized carbons (Fsp3) is 0.125. The van der Waals surface area contributed by atoms with E-state index >= 15 is 0 Å². The molecule has 0 atom stereocenters. The van der Waals surface area contributed by atoms with E-state index in [0.717, 1.165) is 0 Å². The quantitative estimate of drug-likeness (QED) is 0.507. The van der Waals surface area contributed by atoms with Crippen LogP contribution in [0.1, 0.15) is 15.9 Å². The summed E-state index contributed by atoms with van der Waals surface area (Å²) in [5, 5.41) is 13.5. The summed E-state index contributed by atoms with van der Waals surface area (Å²) in [6.45, 7) is 1.15. The van der Waals surface area contributed by atoms with Gasteiger partial charge in [-0.15, -0.1) is 0 Å². The zero-order chi connectivity index (χ0) is 17.7. The largest absolute Gasteiger partial charge is 0.452 e. The number of benzene rings is 2. The number of anilines is 1. The number of nitro benzene ring substituents is 1. The number of halogens is 1. The van der Waals surface area contributed by atoms with E-state index in [2.05, 4.69) is 5.32 Å². The first-order valence-corrected chi connectivity index (χ1v) is 7.23. The van der Waals surface area contributed by atoms with Crippen molar-refractivity contribution >= 4 is 34.9 Å². The van der Waals surface area contributed by atoms with Gasteiger partial charge in [0.1, 0.15) is 0 Å². The molecular formula is C16H13ClN2O5. The number of hydrogen-bond acceptors (Lipinski definition) is 5. The maximum Gasteiger partial charge on any atom is 0.340 e. The lowest BCUT2D eigenvalue weighted by molar-refractivity contribution is -0.384. The fourth-order valence-corrected chi connectivity index (χ4v) is 2.09. The van der Waals surface area contributed by atoms with Gasteiger partial charge in [-0.25, -0.2) is 4.79 Å². The van der Waals surface area contributed by atoms with Gasteiger partial charge in [-0.3, -0.25) is 14.9 Å². The summed E-state index contributed by atoms with van der Waals surface area (Å²) in [5.74, 6) is -1.34. The van der Waals surface area contributed by atoms with Gasteiger partial charge in [0.25, 0.3) is 11.6 Å². The normalized spacial score (nSPS) is 10.1. The molecule has 0 aromatic heterocycles. The van der Waals surface area contributed by atoms with Crippen molar-refractivity contribution in [1.29, 1.82) is 0 Å². The van der Waals surface area contributed by atoms with Crippen LogP contribution in [0.3, 0.4) is 0 Å². The Hall–Kier alpha value is -2.93. The van der Waals surface area contributed by atoms with Gasteiger partial charge in [0.05, 0.1) is 21.2 Å². The molecule has 7 nitrogen and oxygen atoms in total. The zero-order valence-electron chi connectivity index (χ0n) is 12.6. The van der Waals surface area contributed by atoms with Crippen molar-refractivity contribution in [2.75, 3.05) is 11.9 Å². The number of nitrogens with one attached hydrogen (secondary N) is 1. The van der Waals surface area contributed by atoms with Gasteiger partial charge in [0, 0.05) is 12.1 Å². The highest BCUT2D eigenvalue weighted by Crippen LogP contribution is 2.22. The lowest BCUT2D eigenvalue weighted by Gasteiger charge is -2.09. The predicted molar refractivity (Wildman–Crippen MR) is 88.2 cm³/mol. The number of amides is 1. The Morgan fingerprint density at radius 1 is 1.25 bits per heavy atom. The van der Waals surface area contributed by atoms with Crippen LogP contribution in [0.2, 0.25) is 5.02 Å². The van der Waals surface area contributed by atoms with Crippen molar-refractivity contribution < 1.29 is 19.2 Å². The molecule has 0 radical (unpaired) electrons. The van der Waals surface area contributed by atoms with Crippen LogP contribution >= 0.6 is 11.6 Å². The molecule has 0 bridgehead atoms. The predicted octanol–water partition coefficient (Wildman–Crippen LogP) is 3.35. The van der Waals surface area contributed by atoms with Crippen LogP contribution in [0, 0.1) is 17.0 Å². The smallest absolute Gasteiger partial charge is 0.340 e. The summed E-state index contributed by atoms with van der Waals surface area (Å²) in [4.78, 5) is 33.9. The molecule has 1 N–H and O–H groups in total. The first-order chi connectivity index (χ1) is 11.4. The molecule has 24 heavy (non-hydrogen) atoms. The van der Waals surface area contributed by atoms with E-state index in [-0.39, 0.29) is 22.0 Å². The summed E-state index contributed by atoms with van der Waals surface area (Å²) in [6, 6.07) is 10.4. The van der Waals surface area contributed by atoms with E-state index in [1.807, 2.05) is 0 Å². The molecule has 0 heterocycles. The third kappa shape index (κ3) is 4.30. The summed E-state index contributed by atoms with van der Waals surface area (Å²) in [6.07, 6.45) is 0. The molecule has 0 fully saturated rings. The first kappa shape index (κ1) is 17.4. The van der Waals surface area contributed by atoms with E-state index in [1.54, 1.807) is 19.1 Å². The molecule has 0 saturated carbocycles. The average molecular weight is 349 g/mol. The molecule has 0 aliphatic heterocycles. The van der Waals surface area contributed by atoms with Crippen LogP contribution in [-0.4, -0.2) is 23.4 Å². The number of esters is 1. The monoisotopic (exact) mass is 348 g/mol. The second-order valence-electron chi connectivity index (χ2n) is 4.86. The van der Waals surface area contributed by atoms with Crippen LogP contribution < -0.4 is 5.32 Å². The van der Waals surface area contributed by atoms with Crippen LogP contribution in [0.5, 0.6) is 0 Å². The molecule has 1 amide bonds. The summed E-state index contributed by atoms with van der Waals surface area (Å²) < 4.78 is 4.89. The Labute approximate surface area is 142 Å². The topological polar surface area (TPSA) is 98.5 Å². The zero-order valence-corrected chi connectivity index (χ0v) is 13.4. The van der Waals surface area contributed by atoms with E-state index < -0.39 is 23.4 Å². The van der Waals surface area contributed by atoms with E-state index in [4.69, 9.17) is 16.3 Å². The minimum Gasteiger partial charge on any atom is -0.452 e. The molecule has 0 aliphatic rings. The summed E-state index contributed by atoms with van der Waals surface area (Å²) in [5.41, 5.74) is 0.928. The SMILES string of the molecule is Cc1ccc([N+](=O)[O-])cc1NC(=O)COC(=O)c1ccccc1Cl. The molecule has 2 aromatic carbocycles. The van der Waals surface area contributed by atoms with E-state index in [9.17, 15) is 19.7 Å². The summed E-state index contributed by atoms with van der Waals surface area (Å²) >= 11 is 5.87. The molecule has 0 aliphatic carbocycles. The number of carbonyl (C=O) groups is 2. The highest BCUT2D eigenvalue weighted by molar-refractivity contribution is 6.33. The van der Waals surface area contributed by atoms with Crippen LogP contribution in [0.15, 0.2) is 42.5 Å². The van der Waals surface area contributed by atoms with Crippen LogP contribution in [0.25, 0.3) is 0 Å². The van der Waals surface area contributed by atoms with Gasteiger partial charge < -0.3 is 10.1 Å². The number of rotatable bonds is 5. The molecule has 8 heteroatoms. The first-order valence-electron chi connectivity index (χ1n) is 6.85. The van der Waals surface area contributed by atoms with Gasteiger partial charge in [-0.2, -0.15) is 0 Å². The van der Waals surface area contributed by atoms with Crippen molar-refractivity contribution in [3.8, 4) is 0 Å². The lowest BCUT2D eigenvalue weighted by Crippen LogP contribution is -2.21. The number of carbonyl (C=O) groups excluding carboxylic acids is 2. The minimum absolute atomic E-state index is 0.149. The molecule has 0 unspecified atom stereocenters. The second-order valence-corrected chi connectivity index (χ2v) is 5.27. The lowest BCUT2D eigenvalue weighted by atomic mass is 10.2. The third-order valence-corrected chi connectivity index (χ3v) is 3.46. The molecule has 2 aromatic rings. The number of ether oxygens (including phenoxy) is 1. The van der Waals surface area contributed by atoms with Gasteiger partial charge in [0.15, 0.2) is 6.61 Å². The van der Waals surface area contributed by atoms with Crippen molar-refractivity contribution in [3.63, 3.8) is 0 Å². The van der Waals surface area contributed by atoms with Crippen LogP contribution in [0.4, 0.5) is 11.4 Å². The van der Waals surface area contributed by atoms with Gasteiger partial charge >= 0.3 is 5.97 Å². The molecule has 2 rings (SSSR count). The van der Waals surface area contributed by atoms with E-state index in [0.29, 0.717) is 5.56 Å². The molecule has 0 saturated heterocycles. The van der Waals surface area contributed by atoms with E-state index in [1.165, 1.54) is 30.3 Å². The molecule has 124 valence electrons. The molecular weight excluding hydrogens is 336 g/mol. The fourth-order valence-electron chi connectivity index (χ4n) is 1.88. The van der Waals surface area contributed by atoms with Crippen molar-refractivity contribution in [1.82, 2.24) is 0 Å². The Morgan fingerprint density at radius 2 is 1.96 bits per heavy atom. The van der Waals surface area contributed by atoms with Crippen molar-refractivity contribution in [2.45, 2.75) is 6.92 Å². The average Bonchev–Trinajstić information content (AvgIpc) is 2.55. The van der Waals surface area contributed by atoms with Crippen LogP contribution in [-0.2, 0) is 9.53 Å². The number of hydrogen-bond donors (Lipinski definition) is 1. The number of aryl methyl sites for hydroxylation is 1. The number of non-ortho nitro benzene ring substituents is 1. The summed E-state index contributed by atoms with van der Waals surface area (Å²) in [7, 11) is 0. The number of nitro groups is 1. The Bertz CT molecular complexity index is 807. The molecule has 0 spiro atoms. The second kappa shape index (κ2) is 7.56. The highest BCUT2D eigenvalue weighted by atomic mass is 35.5. The Balaban J connectivity index is 1.99.